The Kier molecular flexibility index (Phi) is 3.88. The zero-order chi connectivity index (χ0) is 14.0. The van der Waals surface area contributed by atoms with E-state index in [9.17, 15) is 13.2 Å². The molecule has 0 unspecified atom stereocenters. The second kappa shape index (κ2) is 5.27. The molecule has 0 bridgehead atoms. The van der Waals surface area contributed by atoms with E-state index in [1.807, 2.05) is 0 Å². The largest absolute Gasteiger partial charge is 0.309 e. The minimum Gasteiger partial charge on any atom is -0.309 e. The number of hydrogen-bond acceptors (Lipinski definition) is 4. The van der Waals surface area contributed by atoms with Gasteiger partial charge in [-0.15, -0.1) is 0 Å². The molecule has 2 rings (SSSR count). The normalized spacial score (nSPS) is 18.4. The molecule has 1 amide bonds. The van der Waals surface area contributed by atoms with Gasteiger partial charge in [0.05, 0.1) is 0 Å². The molecule has 1 aromatic rings. The van der Waals surface area contributed by atoms with Crippen molar-refractivity contribution in [3.8, 4) is 0 Å². The van der Waals surface area contributed by atoms with Gasteiger partial charge in [0.2, 0.25) is 5.91 Å². The van der Waals surface area contributed by atoms with Crippen LogP contribution in [0.25, 0.3) is 0 Å². The van der Waals surface area contributed by atoms with E-state index < -0.39 is 10.2 Å². The van der Waals surface area contributed by atoms with E-state index in [0.717, 1.165) is 0 Å². The predicted octanol–water partition coefficient (Wildman–Crippen LogP) is -0.726. The van der Waals surface area contributed by atoms with Crippen LogP contribution in [-0.4, -0.2) is 41.5 Å². The van der Waals surface area contributed by atoms with Crippen LogP contribution in [0.1, 0.15) is 12.8 Å². The fourth-order valence-electron chi connectivity index (χ4n) is 2.08. The lowest BCUT2D eigenvalue weighted by Gasteiger charge is -2.28. The van der Waals surface area contributed by atoms with Gasteiger partial charge in [0.1, 0.15) is 0 Å². The van der Waals surface area contributed by atoms with Crippen LogP contribution in [0.15, 0.2) is 12.3 Å². The average molecular weight is 287 g/mol. The first kappa shape index (κ1) is 14.0. The molecule has 1 aliphatic rings. The van der Waals surface area contributed by atoms with Crippen molar-refractivity contribution in [3.63, 3.8) is 0 Å². The van der Waals surface area contributed by atoms with Crippen LogP contribution in [0, 0.1) is 5.92 Å². The highest BCUT2D eigenvalue weighted by molar-refractivity contribution is 7.86. The molecule has 0 saturated carbocycles. The highest BCUT2D eigenvalue weighted by Crippen LogP contribution is 2.20. The Morgan fingerprint density at radius 2 is 2.11 bits per heavy atom. The highest BCUT2D eigenvalue weighted by atomic mass is 32.2. The van der Waals surface area contributed by atoms with Crippen molar-refractivity contribution in [3.05, 3.63) is 12.3 Å². The summed E-state index contributed by atoms with van der Waals surface area (Å²) in [4.78, 5) is 12.0. The van der Waals surface area contributed by atoms with Crippen molar-refractivity contribution in [2.24, 2.45) is 18.1 Å². The SMILES string of the molecule is Cn1ccc(NC(=O)C2CCN(S(N)(=O)=O)CC2)n1. The Balaban J connectivity index is 1.89. The zero-order valence-electron chi connectivity index (χ0n) is 10.6. The number of carbonyl (C=O) groups excluding carboxylic acids is 1. The first-order valence-electron chi connectivity index (χ1n) is 5.94. The van der Waals surface area contributed by atoms with Crippen molar-refractivity contribution in [2.45, 2.75) is 12.8 Å². The molecule has 0 aliphatic carbocycles. The Morgan fingerprint density at radius 1 is 1.47 bits per heavy atom. The molecule has 0 radical (unpaired) electrons. The van der Waals surface area contributed by atoms with Gasteiger partial charge in [0, 0.05) is 38.3 Å². The topological polar surface area (TPSA) is 110 Å². The van der Waals surface area contributed by atoms with E-state index in [2.05, 4.69) is 10.4 Å². The summed E-state index contributed by atoms with van der Waals surface area (Å²) in [6, 6.07) is 1.71. The number of nitrogens with zero attached hydrogens (tertiary/aromatic N) is 3. The third-order valence-electron chi connectivity index (χ3n) is 3.15. The molecular formula is C10H17N5O3S. The van der Waals surface area contributed by atoms with Crippen molar-refractivity contribution < 1.29 is 13.2 Å². The number of rotatable bonds is 3. The number of carbonyl (C=O) groups is 1. The standard InChI is InChI=1S/C10H17N5O3S/c1-14-5-4-9(13-14)12-10(16)8-2-6-15(7-3-8)19(11,17)18/h4-5,8H,2-3,6-7H2,1H3,(H2,11,17,18)(H,12,13,16). The summed E-state index contributed by atoms with van der Waals surface area (Å²) in [6.07, 6.45) is 2.67. The first-order chi connectivity index (χ1) is 8.86. The molecule has 9 heteroatoms. The summed E-state index contributed by atoms with van der Waals surface area (Å²) >= 11 is 0. The molecule has 1 aliphatic heterocycles. The molecule has 3 N–H and O–H groups in total. The predicted molar refractivity (Wildman–Crippen MR) is 69.2 cm³/mol. The highest BCUT2D eigenvalue weighted by Gasteiger charge is 2.29. The van der Waals surface area contributed by atoms with Crippen LogP contribution in [0.2, 0.25) is 0 Å². The van der Waals surface area contributed by atoms with Crippen LogP contribution in [0.4, 0.5) is 5.82 Å². The molecule has 1 aromatic heterocycles. The Labute approximate surface area is 111 Å². The van der Waals surface area contributed by atoms with Gasteiger partial charge in [0.25, 0.3) is 10.2 Å². The molecule has 19 heavy (non-hydrogen) atoms. The van der Waals surface area contributed by atoms with E-state index >= 15 is 0 Å². The number of piperidine rings is 1. The van der Waals surface area contributed by atoms with Gasteiger partial charge in [-0.2, -0.15) is 17.8 Å². The molecule has 2 heterocycles. The number of nitrogens with one attached hydrogen (secondary N) is 1. The average Bonchev–Trinajstić information content (AvgIpc) is 2.74. The van der Waals surface area contributed by atoms with Crippen molar-refractivity contribution in [1.29, 1.82) is 0 Å². The van der Waals surface area contributed by atoms with Crippen LogP contribution < -0.4 is 10.5 Å². The number of aryl methyl sites for hydroxylation is 1. The number of hydrogen-bond donors (Lipinski definition) is 2. The van der Waals surface area contributed by atoms with Crippen molar-refractivity contribution in [1.82, 2.24) is 14.1 Å². The van der Waals surface area contributed by atoms with E-state index in [-0.39, 0.29) is 24.9 Å². The van der Waals surface area contributed by atoms with Gasteiger partial charge in [0.15, 0.2) is 5.82 Å². The summed E-state index contributed by atoms with van der Waals surface area (Å²) in [5, 5.41) is 11.8. The van der Waals surface area contributed by atoms with Gasteiger partial charge < -0.3 is 5.32 Å². The minimum absolute atomic E-state index is 0.132. The molecule has 0 aromatic carbocycles. The van der Waals surface area contributed by atoms with Gasteiger partial charge in [-0.3, -0.25) is 9.48 Å². The van der Waals surface area contributed by atoms with Crippen molar-refractivity contribution in [2.75, 3.05) is 18.4 Å². The molecule has 1 saturated heterocycles. The maximum Gasteiger partial charge on any atom is 0.276 e. The van der Waals surface area contributed by atoms with E-state index in [4.69, 9.17) is 5.14 Å². The van der Waals surface area contributed by atoms with E-state index in [1.54, 1.807) is 24.0 Å². The molecule has 8 nitrogen and oxygen atoms in total. The summed E-state index contributed by atoms with van der Waals surface area (Å²) < 4.78 is 25.1. The van der Waals surface area contributed by atoms with Crippen LogP contribution >= 0.6 is 0 Å². The first-order valence-corrected chi connectivity index (χ1v) is 7.45. The fourth-order valence-corrected chi connectivity index (χ4v) is 2.80. The van der Waals surface area contributed by atoms with Gasteiger partial charge in [-0.25, -0.2) is 5.14 Å². The van der Waals surface area contributed by atoms with Crippen LogP contribution in [0.3, 0.4) is 0 Å². The Bertz CT molecular complexity index is 559. The van der Waals surface area contributed by atoms with Crippen molar-refractivity contribution >= 4 is 21.9 Å². The van der Waals surface area contributed by atoms with E-state index in [0.29, 0.717) is 18.7 Å². The summed E-state index contributed by atoms with van der Waals surface area (Å²) in [5.74, 6) is 0.161. The summed E-state index contributed by atoms with van der Waals surface area (Å²) in [7, 11) is -1.88. The lowest BCUT2D eigenvalue weighted by Crippen LogP contribution is -2.44. The number of aromatic nitrogens is 2. The smallest absolute Gasteiger partial charge is 0.276 e. The van der Waals surface area contributed by atoms with Crippen LogP contribution in [0.5, 0.6) is 0 Å². The monoisotopic (exact) mass is 287 g/mol. The third-order valence-corrected chi connectivity index (χ3v) is 4.23. The maximum atomic E-state index is 12.0. The summed E-state index contributed by atoms with van der Waals surface area (Å²) in [6.45, 7) is 0.554. The number of nitrogens with two attached hydrogens (primary N) is 1. The fraction of sp³-hybridized carbons (Fsp3) is 0.600. The molecular weight excluding hydrogens is 270 g/mol. The molecule has 0 spiro atoms. The molecule has 0 atom stereocenters. The van der Waals surface area contributed by atoms with Gasteiger partial charge >= 0.3 is 0 Å². The van der Waals surface area contributed by atoms with Gasteiger partial charge in [-0.1, -0.05) is 0 Å². The summed E-state index contributed by atoms with van der Waals surface area (Å²) in [5.41, 5.74) is 0. The lowest BCUT2D eigenvalue weighted by atomic mass is 9.97. The Hall–Kier alpha value is -1.45. The maximum absolute atomic E-state index is 12.0. The lowest BCUT2D eigenvalue weighted by molar-refractivity contribution is -0.120. The van der Waals surface area contributed by atoms with Gasteiger partial charge in [-0.05, 0) is 12.8 Å². The zero-order valence-corrected chi connectivity index (χ0v) is 11.4. The number of amides is 1. The minimum atomic E-state index is -3.64. The number of anilines is 1. The van der Waals surface area contributed by atoms with Crippen LogP contribution in [-0.2, 0) is 22.1 Å². The Morgan fingerprint density at radius 3 is 2.58 bits per heavy atom. The molecule has 1 fully saturated rings. The quantitative estimate of drug-likeness (QED) is 0.763. The second-order valence-corrected chi connectivity index (χ2v) is 6.13. The van der Waals surface area contributed by atoms with E-state index in [1.165, 1.54) is 4.31 Å². The third kappa shape index (κ3) is 3.52. The molecule has 106 valence electrons. The second-order valence-electron chi connectivity index (χ2n) is 4.58.